The second-order valence-electron chi connectivity index (χ2n) is 7.96. The SMILES string of the molecule is C=CCn1c(=NC(=O)C2CCCN(S(=O)(=O)c3ccc(C)cc3)C2)sc2c(Cl)ccc(Cl)c21. The van der Waals surface area contributed by atoms with Gasteiger partial charge in [-0.05, 0) is 44.0 Å². The van der Waals surface area contributed by atoms with E-state index >= 15 is 0 Å². The largest absolute Gasteiger partial charge is 0.311 e. The highest BCUT2D eigenvalue weighted by Gasteiger charge is 2.33. The molecule has 4 rings (SSSR count). The molecule has 1 atom stereocenters. The van der Waals surface area contributed by atoms with Crippen LogP contribution in [0.2, 0.25) is 10.0 Å². The third-order valence-electron chi connectivity index (χ3n) is 5.64. The number of rotatable bonds is 5. The summed E-state index contributed by atoms with van der Waals surface area (Å²) in [5.74, 6) is -0.872. The first-order valence-corrected chi connectivity index (χ1v) is 13.5. The van der Waals surface area contributed by atoms with E-state index in [1.807, 2.05) is 11.5 Å². The minimum Gasteiger partial charge on any atom is -0.311 e. The summed E-state index contributed by atoms with van der Waals surface area (Å²) in [5, 5.41) is 1.04. The van der Waals surface area contributed by atoms with Gasteiger partial charge in [-0.25, -0.2) is 8.42 Å². The summed E-state index contributed by atoms with van der Waals surface area (Å²) in [7, 11) is -3.68. The van der Waals surface area contributed by atoms with Crippen molar-refractivity contribution in [2.75, 3.05) is 13.1 Å². The zero-order valence-electron chi connectivity index (χ0n) is 18.0. The molecule has 0 N–H and O–H groups in total. The third-order valence-corrected chi connectivity index (χ3v) is 9.36. The maximum Gasteiger partial charge on any atom is 0.252 e. The first kappa shape index (κ1) is 24.2. The summed E-state index contributed by atoms with van der Waals surface area (Å²) in [6.07, 6.45) is 2.87. The van der Waals surface area contributed by atoms with Crippen molar-refractivity contribution in [2.24, 2.45) is 10.9 Å². The van der Waals surface area contributed by atoms with E-state index in [2.05, 4.69) is 11.6 Å². The molecule has 1 aliphatic heterocycles. The van der Waals surface area contributed by atoms with Crippen molar-refractivity contribution in [2.45, 2.75) is 31.2 Å². The number of aryl methyl sites for hydroxylation is 1. The van der Waals surface area contributed by atoms with E-state index < -0.39 is 15.9 Å². The molecule has 3 aromatic rings. The number of fused-ring (bicyclic) bond motifs is 1. The topological polar surface area (TPSA) is 71.7 Å². The molecule has 1 amide bonds. The van der Waals surface area contributed by atoms with Gasteiger partial charge in [-0.15, -0.1) is 6.58 Å². The van der Waals surface area contributed by atoms with Crippen LogP contribution in [0.3, 0.4) is 0 Å². The van der Waals surface area contributed by atoms with Crippen LogP contribution in [-0.2, 0) is 21.4 Å². The molecule has 0 aliphatic carbocycles. The van der Waals surface area contributed by atoms with Gasteiger partial charge in [0, 0.05) is 19.6 Å². The minimum atomic E-state index is -3.68. The third kappa shape index (κ3) is 4.81. The molecule has 1 aliphatic rings. The van der Waals surface area contributed by atoms with E-state index in [9.17, 15) is 13.2 Å². The van der Waals surface area contributed by atoms with E-state index in [0.717, 1.165) is 10.3 Å². The molecule has 33 heavy (non-hydrogen) atoms. The first-order chi connectivity index (χ1) is 15.7. The Balaban J connectivity index is 1.66. The standard InChI is InChI=1S/C23H23Cl2N3O3S2/c1-3-12-28-20-18(24)10-11-19(25)21(20)32-23(28)26-22(29)16-5-4-13-27(14-16)33(30,31)17-8-6-15(2)7-9-17/h3,6-11,16H,1,4-5,12-14H2,2H3. The molecule has 1 aromatic heterocycles. The van der Waals surface area contributed by atoms with Gasteiger partial charge in [-0.2, -0.15) is 9.30 Å². The van der Waals surface area contributed by atoms with E-state index in [0.29, 0.717) is 46.3 Å². The van der Waals surface area contributed by atoms with E-state index in [-0.39, 0.29) is 17.3 Å². The van der Waals surface area contributed by atoms with Gasteiger partial charge in [0.15, 0.2) is 4.80 Å². The number of piperidine rings is 1. The number of amides is 1. The average molecular weight is 524 g/mol. The summed E-state index contributed by atoms with van der Waals surface area (Å²) >= 11 is 14.0. The monoisotopic (exact) mass is 523 g/mol. The van der Waals surface area contributed by atoms with Crippen molar-refractivity contribution in [1.82, 2.24) is 8.87 Å². The van der Waals surface area contributed by atoms with E-state index in [4.69, 9.17) is 23.2 Å². The fraction of sp³-hybridized carbons (Fsp3) is 0.304. The second kappa shape index (κ2) is 9.72. The van der Waals surface area contributed by atoms with Crippen LogP contribution in [0.1, 0.15) is 18.4 Å². The fourth-order valence-electron chi connectivity index (χ4n) is 3.90. The van der Waals surface area contributed by atoms with Crippen molar-refractivity contribution >= 4 is 60.7 Å². The highest BCUT2D eigenvalue weighted by atomic mass is 35.5. The van der Waals surface area contributed by atoms with Crippen LogP contribution < -0.4 is 4.80 Å². The summed E-state index contributed by atoms with van der Waals surface area (Å²) < 4.78 is 30.1. The quantitative estimate of drug-likeness (QED) is 0.440. The molecule has 1 fully saturated rings. The maximum absolute atomic E-state index is 13.1. The highest BCUT2D eigenvalue weighted by molar-refractivity contribution is 7.89. The fourth-order valence-corrected chi connectivity index (χ4v) is 7.09. The van der Waals surface area contributed by atoms with Gasteiger partial charge in [-0.1, -0.05) is 58.3 Å². The Hall–Kier alpha value is -1.97. The molecule has 2 heterocycles. The molecule has 0 spiro atoms. The van der Waals surface area contributed by atoms with Crippen LogP contribution in [0.5, 0.6) is 0 Å². The first-order valence-electron chi connectivity index (χ1n) is 10.5. The van der Waals surface area contributed by atoms with Crippen molar-refractivity contribution in [3.63, 3.8) is 0 Å². The molecule has 174 valence electrons. The summed E-state index contributed by atoms with van der Waals surface area (Å²) in [5.41, 5.74) is 1.68. The summed E-state index contributed by atoms with van der Waals surface area (Å²) in [4.78, 5) is 18.2. The van der Waals surface area contributed by atoms with Crippen molar-refractivity contribution in [1.29, 1.82) is 0 Å². The zero-order valence-corrected chi connectivity index (χ0v) is 21.1. The molecule has 6 nitrogen and oxygen atoms in total. The molecular formula is C23H23Cl2N3O3S2. The lowest BCUT2D eigenvalue weighted by Crippen LogP contribution is -2.42. The van der Waals surface area contributed by atoms with Gasteiger partial charge >= 0.3 is 0 Å². The Morgan fingerprint density at radius 2 is 1.91 bits per heavy atom. The smallest absolute Gasteiger partial charge is 0.252 e. The van der Waals surface area contributed by atoms with Crippen LogP contribution in [0, 0.1) is 12.8 Å². The molecule has 1 unspecified atom stereocenters. The lowest BCUT2D eigenvalue weighted by atomic mass is 9.99. The van der Waals surface area contributed by atoms with Crippen molar-refractivity contribution < 1.29 is 13.2 Å². The molecule has 0 saturated carbocycles. The van der Waals surface area contributed by atoms with Gasteiger partial charge in [-0.3, -0.25) is 4.79 Å². The lowest BCUT2D eigenvalue weighted by Gasteiger charge is -2.30. The molecule has 10 heteroatoms. The number of carbonyl (C=O) groups excluding carboxylic acids is 1. The van der Waals surface area contributed by atoms with Crippen LogP contribution in [0.15, 0.2) is 58.9 Å². The Kier molecular flexibility index (Phi) is 7.12. The van der Waals surface area contributed by atoms with Gasteiger partial charge in [0.1, 0.15) is 0 Å². The van der Waals surface area contributed by atoms with Gasteiger partial charge in [0.2, 0.25) is 10.0 Å². The Labute approximate surface area is 206 Å². The molecule has 1 saturated heterocycles. The van der Waals surface area contributed by atoms with Crippen LogP contribution >= 0.6 is 34.5 Å². The van der Waals surface area contributed by atoms with Crippen molar-refractivity contribution in [3.05, 3.63) is 69.5 Å². The number of aromatic nitrogens is 1. The van der Waals surface area contributed by atoms with Gasteiger partial charge in [0.05, 0.1) is 31.1 Å². The Morgan fingerprint density at radius 1 is 1.21 bits per heavy atom. The predicted octanol–water partition coefficient (Wildman–Crippen LogP) is 5.03. The molecule has 0 radical (unpaired) electrons. The second-order valence-corrected chi connectivity index (χ2v) is 11.7. The number of carbonyl (C=O) groups is 1. The highest BCUT2D eigenvalue weighted by Crippen LogP contribution is 2.32. The number of sulfonamides is 1. The number of hydrogen-bond donors (Lipinski definition) is 0. The number of nitrogens with zero attached hydrogens (tertiary/aromatic N) is 3. The van der Waals surface area contributed by atoms with Crippen LogP contribution in [0.25, 0.3) is 10.2 Å². The van der Waals surface area contributed by atoms with E-state index in [1.54, 1.807) is 42.5 Å². The van der Waals surface area contributed by atoms with Gasteiger partial charge < -0.3 is 4.57 Å². The van der Waals surface area contributed by atoms with E-state index in [1.165, 1.54) is 15.6 Å². The number of benzene rings is 2. The minimum absolute atomic E-state index is 0.104. The molecular weight excluding hydrogens is 501 g/mol. The summed E-state index contributed by atoms with van der Waals surface area (Å²) in [6, 6.07) is 10.2. The molecule has 2 aromatic carbocycles. The predicted molar refractivity (Wildman–Crippen MR) is 133 cm³/mol. The Morgan fingerprint density at radius 3 is 2.61 bits per heavy atom. The lowest BCUT2D eigenvalue weighted by molar-refractivity contribution is -0.122. The number of thiazole rings is 1. The maximum atomic E-state index is 13.1. The number of allylic oxidation sites excluding steroid dienone is 1. The van der Waals surface area contributed by atoms with Crippen LogP contribution in [-0.4, -0.2) is 36.3 Å². The van der Waals surface area contributed by atoms with Crippen LogP contribution in [0.4, 0.5) is 0 Å². The normalized spacial score (nSPS) is 18.0. The average Bonchev–Trinajstić information content (AvgIpc) is 3.16. The number of halogens is 2. The zero-order chi connectivity index (χ0) is 23.8. The summed E-state index contributed by atoms with van der Waals surface area (Å²) in [6.45, 7) is 6.58. The van der Waals surface area contributed by atoms with Gasteiger partial charge in [0.25, 0.3) is 5.91 Å². The Bertz CT molecular complexity index is 1390. The molecule has 0 bridgehead atoms. The van der Waals surface area contributed by atoms with Crippen molar-refractivity contribution in [3.8, 4) is 0 Å². The number of hydrogen-bond acceptors (Lipinski definition) is 4.